The molecular weight excluding hydrogens is 380 g/mol. The minimum atomic E-state index is -0.293. The molecule has 1 aliphatic rings. The van der Waals surface area contributed by atoms with Crippen LogP contribution >= 0.6 is 35.6 Å². The summed E-state index contributed by atoms with van der Waals surface area (Å²) in [4.78, 5) is 4.07. The van der Waals surface area contributed by atoms with Gasteiger partial charge in [-0.25, -0.2) is 4.39 Å². The highest BCUT2D eigenvalue weighted by atomic mass is 127. The van der Waals surface area contributed by atoms with Crippen molar-refractivity contribution in [2.75, 3.05) is 20.6 Å². The van der Waals surface area contributed by atoms with Crippen molar-refractivity contribution >= 4 is 41.5 Å². The molecule has 0 aromatic heterocycles. The normalized spacial score (nSPS) is 16.5. The number of rotatable bonds is 3. The number of aliphatic imine (C=N–C) groups is 1. The van der Waals surface area contributed by atoms with Gasteiger partial charge in [-0.05, 0) is 30.5 Å². The maximum Gasteiger partial charge on any atom is 0.190 e. The van der Waals surface area contributed by atoms with E-state index in [0.29, 0.717) is 5.02 Å². The number of nitrogens with one attached hydrogen (secondary N) is 2. The lowest BCUT2D eigenvalue weighted by atomic mass is 9.96. The first-order valence-corrected chi connectivity index (χ1v) is 6.33. The molecule has 1 aliphatic carbocycles. The summed E-state index contributed by atoms with van der Waals surface area (Å²) in [7, 11) is 3.54. The summed E-state index contributed by atoms with van der Waals surface area (Å²) in [5.74, 6) is 0.457. The van der Waals surface area contributed by atoms with Crippen LogP contribution < -0.4 is 10.6 Å². The van der Waals surface area contributed by atoms with E-state index in [1.807, 2.05) is 7.05 Å². The molecule has 1 aromatic rings. The predicted molar refractivity (Wildman–Crippen MR) is 88.2 cm³/mol. The van der Waals surface area contributed by atoms with Crippen molar-refractivity contribution < 1.29 is 4.39 Å². The molecule has 0 unspecified atom stereocenters. The number of hydrogen-bond donors (Lipinski definition) is 2. The summed E-state index contributed by atoms with van der Waals surface area (Å²) in [6, 6.07) is 4.63. The average molecular weight is 398 g/mol. The molecule has 0 bridgehead atoms. The van der Waals surface area contributed by atoms with Gasteiger partial charge in [0.25, 0.3) is 0 Å². The van der Waals surface area contributed by atoms with E-state index in [-0.39, 0.29) is 35.2 Å². The van der Waals surface area contributed by atoms with E-state index in [4.69, 9.17) is 11.6 Å². The molecule has 2 N–H and O–H groups in total. The van der Waals surface area contributed by atoms with E-state index in [0.717, 1.165) is 30.9 Å². The van der Waals surface area contributed by atoms with Crippen molar-refractivity contribution in [2.24, 2.45) is 4.99 Å². The quantitative estimate of drug-likeness (QED) is 0.467. The zero-order chi connectivity index (χ0) is 13.2. The highest BCUT2D eigenvalue weighted by molar-refractivity contribution is 14.0. The fourth-order valence-corrected chi connectivity index (χ4v) is 2.51. The Morgan fingerprint density at radius 1 is 1.47 bits per heavy atom. The molecule has 0 radical (unpaired) electrons. The molecule has 0 heterocycles. The minimum absolute atomic E-state index is 0. The van der Waals surface area contributed by atoms with E-state index < -0.39 is 0 Å². The maximum atomic E-state index is 13.1. The molecule has 0 saturated heterocycles. The number of nitrogens with zero attached hydrogens (tertiary/aromatic N) is 1. The number of benzene rings is 1. The smallest absolute Gasteiger partial charge is 0.190 e. The third kappa shape index (κ3) is 3.72. The second kappa shape index (κ2) is 6.74. The summed E-state index contributed by atoms with van der Waals surface area (Å²) < 4.78 is 13.1. The van der Waals surface area contributed by atoms with E-state index in [2.05, 4.69) is 15.6 Å². The lowest BCUT2D eigenvalue weighted by Gasteiger charge is -2.19. The summed E-state index contributed by atoms with van der Waals surface area (Å²) in [6.45, 7) is 0.756. The first-order chi connectivity index (χ1) is 8.61. The van der Waals surface area contributed by atoms with Crippen LogP contribution in [-0.4, -0.2) is 26.6 Å². The minimum Gasteiger partial charge on any atom is -0.359 e. The van der Waals surface area contributed by atoms with Crippen molar-refractivity contribution in [1.82, 2.24) is 10.6 Å². The molecule has 0 atom stereocenters. The summed E-state index contributed by atoms with van der Waals surface area (Å²) in [5, 5.41) is 6.73. The lowest BCUT2D eigenvalue weighted by molar-refractivity contribution is 0.618. The van der Waals surface area contributed by atoms with Crippen LogP contribution in [0.4, 0.5) is 4.39 Å². The number of hydrogen-bond acceptors (Lipinski definition) is 1. The van der Waals surface area contributed by atoms with Crippen molar-refractivity contribution in [3.05, 3.63) is 34.6 Å². The van der Waals surface area contributed by atoms with Gasteiger partial charge >= 0.3 is 0 Å². The van der Waals surface area contributed by atoms with Gasteiger partial charge in [-0.2, -0.15) is 0 Å². The van der Waals surface area contributed by atoms with Crippen molar-refractivity contribution in [1.29, 1.82) is 0 Å². The zero-order valence-corrected chi connectivity index (χ0v) is 14.1. The third-order valence-corrected chi connectivity index (χ3v) is 3.72. The molecular formula is C13H18ClFIN3. The van der Waals surface area contributed by atoms with Crippen LogP contribution in [0.3, 0.4) is 0 Å². The van der Waals surface area contributed by atoms with Crippen LogP contribution in [0.15, 0.2) is 23.2 Å². The molecule has 1 fully saturated rings. The Morgan fingerprint density at radius 2 is 2.16 bits per heavy atom. The molecule has 106 valence electrons. The van der Waals surface area contributed by atoms with Gasteiger partial charge in [0.05, 0.1) is 0 Å². The van der Waals surface area contributed by atoms with Crippen LogP contribution in [0.2, 0.25) is 5.02 Å². The predicted octanol–water partition coefficient (Wildman–Crippen LogP) is 2.92. The molecule has 19 heavy (non-hydrogen) atoms. The fraction of sp³-hybridized carbons (Fsp3) is 0.462. The van der Waals surface area contributed by atoms with Crippen LogP contribution in [0.1, 0.15) is 18.4 Å². The number of halogens is 3. The van der Waals surface area contributed by atoms with Gasteiger partial charge in [0.1, 0.15) is 5.82 Å². The average Bonchev–Trinajstić information content (AvgIpc) is 3.11. The van der Waals surface area contributed by atoms with Crippen molar-refractivity contribution in [3.8, 4) is 0 Å². The van der Waals surface area contributed by atoms with Crippen molar-refractivity contribution in [2.45, 2.75) is 18.3 Å². The van der Waals surface area contributed by atoms with E-state index in [1.54, 1.807) is 13.1 Å². The number of guanidine groups is 1. The Kier molecular flexibility index (Phi) is 5.85. The molecule has 6 heteroatoms. The molecule has 0 aliphatic heterocycles. The highest BCUT2D eigenvalue weighted by Gasteiger charge is 2.45. The summed E-state index contributed by atoms with van der Waals surface area (Å²) >= 11 is 6.12. The first kappa shape index (κ1) is 16.5. The monoisotopic (exact) mass is 397 g/mol. The van der Waals surface area contributed by atoms with Gasteiger partial charge in [-0.1, -0.05) is 17.7 Å². The topological polar surface area (TPSA) is 36.4 Å². The molecule has 3 nitrogen and oxygen atoms in total. The van der Waals surface area contributed by atoms with Gasteiger partial charge in [0, 0.05) is 31.1 Å². The van der Waals surface area contributed by atoms with E-state index in [9.17, 15) is 4.39 Å². The molecule has 0 amide bonds. The second-order valence-corrected chi connectivity index (χ2v) is 4.99. The molecule has 2 rings (SSSR count). The largest absolute Gasteiger partial charge is 0.359 e. The molecule has 1 saturated carbocycles. The van der Waals surface area contributed by atoms with Gasteiger partial charge in [-0.15, -0.1) is 24.0 Å². The molecule has 1 aromatic carbocycles. The van der Waals surface area contributed by atoms with Gasteiger partial charge in [0.15, 0.2) is 5.96 Å². The standard InChI is InChI=1S/C13H17ClFN3.HI/c1-16-12(17-2)18-8-13(5-6-13)10-4-3-9(15)7-11(10)14;/h3-4,7H,5-6,8H2,1-2H3,(H2,16,17,18);1H. The second-order valence-electron chi connectivity index (χ2n) is 4.58. The Hall–Kier alpha value is -0.560. The van der Waals surface area contributed by atoms with Crippen LogP contribution in [0.5, 0.6) is 0 Å². The Bertz CT molecular complexity index is 475. The van der Waals surface area contributed by atoms with Crippen LogP contribution in [0.25, 0.3) is 0 Å². The van der Waals surface area contributed by atoms with Crippen molar-refractivity contribution in [3.63, 3.8) is 0 Å². The Morgan fingerprint density at radius 3 is 2.63 bits per heavy atom. The Labute approximate surface area is 135 Å². The summed E-state index contributed by atoms with van der Waals surface area (Å²) in [5.41, 5.74) is 1.04. The van der Waals surface area contributed by atoms with Crippen LogP contribution in [-0.2, 0) is 5.41 Å². The first-order valence-electron chi connectivity index (χ1n) is 5.95. The highest BCUT2D eigenvalue weighted by Crippen LogP contribution is 2.50. The SMILES string of the molecule is CN=C(NC)NCC1(c2ccc(F)cc2Cl)CC1.I. The van der Waals surface area contributed by atoms with Crippen LogP contribution in [0, 0.1) is 5.82 Å². The molecule has 0 spiro atoms. The summed E-state index contributed by atoms with van der Waals surface area (Å²) in [6.07, 6.45) is 2.12. The lowest BCUT2D eigenvalue weighted by Crippen LogP contribution is -2.39. The fourth-order valence-electron chi connectivity index (χ4n) is 2.14. The van der Waals surface area contributed by atoms with E-state index >= 15 is 0 Å². The van der Waals surface area contributed by atoms with Gasteiger partial charge < -0.3 is 10.6 Å². The Balaban J connectivity index is 0.00000180. The van der Waals surface area contributed by atoms with E-state index in [1.165, 1.54) is 12.1 Å². The van der Waals surface area contributed by atoms with Gasteiger partial charge in [-0.3, -0.25) is 4.99 Å². The maximum absolute atomic E-state index is 13.1. The zero-order valence-electron chi connectivity index (χ0n) is 11.0. The van der Waals surface area contributed by atoms with Gasteiger partial charge in [0.2, 0.25) is 0 Å². The third-order valence-electron chi connectivity index (χ3n) is 3.41.